The van der Waals surface area contributed by atoms with Crippen molar-refractivity contribution in [1.82, 2.24) is 5.32 Å². The number of halogens is 1. The number of esters is 2. The van der Waals surface area contributed by atoms with Gasteiger partial charge in [-0.2, -0.15) is 0 Å². The molecule has 0 bridgehead atoms. The molecule has 0 aromatic heterocycles. The molecular weight excluding hydrogens is 386 g/mol. The van der Waals surface area contributed by atoms with Crippen LogP contribution >= 0.6 is 11.6 Å². The summed E-state index contributed by atoms with van der Waals surface area (Å²) in [6.45, 7) is 1.42. The van der Waals surface area contributed by atoms with Crippen LogP contribution in [-0.2, 0) is 19.1 Å². The summed E-state index contributed by atoms with van der Waals surface area (Å²) in [5.74, 6) is -0.611. The smallest absolute Gasteiger partial charge is 0.410 e. The van der Waals surface area contributed by atoms with E-state index in [2.05, 4.69) is 5.32 Å². The lowest BCUT2D eigenvalue weighted by Crippen LogP contribution is -2.28. The van der Waals surface area contributed by atoms with Crippen LogP contribution in [0, 0.1) is 0 Å². The summed E-state index contributed by atoms with van der Waals surface area (Å²) in [7, 11) is 0. The molecule has 0 saturated carbocycles. The predicted octanol–water partition coefficient (Wildman–Crippen LogP) is 4.01. The maximum absolute atomic E-state index is 11.9. The molecule has 0 spiro atoms. The Morgan fingerprint density at radius 3 is 2.32 bits per heavy atom. The average Bonchev–Trinajstić information content (AvgIpc) is 2.67. The van der Waals surface area contributed by atoms with Crippen molar-refractivity contribution in [2.24, 2.45) is 0 Å². The second-order valence-corrected chi connectivity index (χ2v) is 6.15. The molecule has 2 aromatic rings. The molecule has 0 radical (unpaired) electrons. The van der Waals surface area contributed by atoms with E-state index < -0.39 is 24.3 Å². The monoisotopic (exact) mass is 405 g/mol. The van der Waals surface area contributed by atoms with Gasteiger partial charge in [0, 0.05) is 30.5 Å². The van der Waals surface area contributed by atoms with Gasteiger partial charge in [-0.25, -0.2) is 4.79 Å². The number of amides is 1. The first kappa shape index (κ1) is 21.2. The molecular formula is C20H20ClNO6. The third-order valence-electron chi connectivity index (χ3n) is 3.43. The highest BCUT2D eigenvalue weighted by Crippen LogP contribution is 2.19. The Labute approximate surface area is 167 Å². The highest BCUT2D eigenvalue weighted by atomic mass is 35.5. The van der Waals surface area contributed by atoms with Gasteiger partial charge in [0.2, 0.25) is 0 Å². The predicted molar refractivity (Wildman–Crippen MR) is 102 cm³/mol. The van der Waals surface area contributed by atoms with Gasteiger partial charge in [0.05, 0.1) is 0 Å². The first-order valence-corrected chi connectivity index (χ1v) is 8.95. The summed E-state index contributed by atoms with van der Waals surface area (Å²) in [5, 5.41) is 3.05. The Morgan fingerprint density at radius 1 is 1.00 bits per heavy atom. The topological polar surface area (TPSA) is 90.9 Å². The number of carbonyl (C=O) groups is 3. The fraction of sp³-hybridized carbons (Fsp3) is 0.250. The van der Waals surface area contributed by atoms with Crippen LogP contribution in [0.15, 0.2) is 54.6 Å². The van der Waals surface area contributed by atoms with Crippen LogP contribution < -0.4 is 10.1 Å². The van der Waals surface area contributed by atoms with Gasteiger partial charge in [-0.3, -0.25) is 9.59 Å². The maximum atomic E-state index is 11.9. The lowest BCUT2D eigenvalue weighted by atomic mass is 10.2. The fourth-order valence-corrected chi connectivity index (χ4v) is 2.29. The van der Waals surface area contributed by atoms with Crippen LogP contribution in [0.25, 0.3) is 0 Å². The van der Waals surface area contributed by atoms with Gasteiger partial charge in [-0.1, -0.05) is 41.9 Å². The zero-order valence-corrected chi connectivity index (χ0v) is 16.0. The number of alkyl carbamates (subject to hydrolysis) is 1. The van der Waals surface area contributed by atoms with Gasteiger partial charge in [0.25, 0.3) is 6.29 Å². The Morgan fingerprint density at radius 2 is 1.68 bits per heavy atom. The highest BCUT2D eigenvalue weighted by molar-refractivity contribution is 6.30. The van der Waals surface area contributed by atoms with Crippen molar-refractivity contribution < 1.29 is 28.6 Å². The molecule has 2 rings (SSSR count). The molecule has 2 aromatic carbocycles. The van der Waals surface area contributed by atoms with E-state index in [-0.39, 0.29) is 13.0 Å². The molecule has 1 unspecified atom stereocenters. The molecule has 0 aliphatic rings. The van der Waals surface area contributed by atoms with Crippen molar-refractivity contribution in [2.75, 3.05) is 6.54 Å². The molecule has 0 aliphatic heterocycles. The number of carbonyl (C=O) groups excluding carboxylic acids is 3. The molecule has 8 heteroatoms. The highest BCUT2D eigenvalue weighted by Gasteiger charge is 2.19. The van der Waals surface area contributed by atoms with Gasteiger partial charge < -0.3 is 19.5 Å². The SMILES string of the molecule is CC(=O)OC(OC(=O)NCCCC(=O)Oc1ccc(Cl)cc1)c1ccccc1. The van der Waals surface area contributed by atoms with Crippen molar-refractivity contribution >= 4 is 29.6 Å². The zero-order valence-electron chi connectivity index (χ0n) is 15.2. The van der Waals surface area contributed by atoms with E-state index in [0.717, 1.165) is 0 Å². The Balaban J connectivity index is 1.72. The standard InChI is InChI=1S/C20H20ClNO6/c1-14(23)26-19(15-6-3-2-4-7-15)28-20(25)22-13-5-8-18(24)27-17-11-9-16(21)10-12-17/h2-4,6-7,9-12,19H,5,8,13H2,1H3,(H,22,25). The van der Waals surface area contributed by atoms with E-state index in [9.17, 15) is 14.4 Å². The molecule has 7 nitrogen and oxygen atoms in total. The lowest BCUT2D eigenvalue weighted by Gasteiger charge is -2.18. The van der Waals surface area contributed by atoms with Gasteiger partial charge >= 0.3 is 18.0 Å². The summed E-state index contributed by atoms with van der Waals surface area (Å²) < 4.78 is 15.3. The normalized spacial score (nSPS) is 11.2. The Hall–Kier alpha value is -3.06. The Bertz CT molecular complexity index is 794. The molecule has 0 saturated heterocycles. The number of hydrogen-bond acceptors (Lipinski definition) is 6. The summed E-state index contributed by atoms with van der Waals surface area (Å²) in [4.78, 5) is 34.9. The minimum absolute atomic E-state index is 0.106. The number of nitrogens with one attached hydrogen (secondary N) is 1. The second kappa shape index (κ2) is 10.9. The maximum Gasteiger partial charge on any atom is 0.410 e. The van der Waals surface area contributed by atoms with Gasteiger partial charge in [-0.05, 0) is 30.7 Å². The van der Waals surface area contributed by atoms with Crippen molar-refractivity contribution in [3.8, 4) is 5.75 Å². The molecule has 1 N–H and O–H groups in total. The van der Waals surface area contributed by atoms with E-state index in [1.165, 1.54) is 6.92 Å². The van der Waals surface area contributed by atoms with Gasteiger partial charge in [0.1, 0.15) is 5.75 Å². The molecule has 1 atom stereocenters. The minimum Gasteiger partial charge on any atom is -0.427 e. The van der Waals surface area contributed by atoms with E-state index in [1.807, 2.05) is 0 Å². The van der Waals surface area contributed by atoms with Gasteiger partial charge in [-0.15, -0.1) is 0 Å². The molecule has 0 aliphatic carbocycles. The van der Waals surface area contributed by atoms with Crippen molar-refractivity contribution in [2.45, 2.75) is 26.1 Å². The number of ether oxygens (including phenoxy) is 3. The van der Waals surface area contributed by atoms with Crippen molar-refractivity contribution in [1.29, 1.82) is 0 Å². The number of benzene rings is 2. The van der Waals surface area contributed by atoms with Crippen molar-refractivity contribution in [3.63, 3.8) is 0 Å². The quantitative estimate of drug-likeness (QED) is 0.309. The van der Waals surface area contributed by atoms with E-state index in [0.29, 0.717) is 22.8 Å². The number of rotatable bonds is 8. The van der Waals surface area contributed by atoms with Crippen LogP contribution in [0.4, 0.5) is 4.79 Å². The lowest BCUT2D eigenvalue weighted by molar-refractivity contribution is -0.166. The third kappa shape index (κ3) is 7.67. The molecule has 148 valence electrons. The molecule has 0 fully saturated rings. The number of hydrogen-bond donors (Lipinski definition) is 1. The average molecular weight is 406 g/mol. The summed E-state index contributed by atoms with van der Waals surface area (Å²) in [6, 6.07) is 15.0. The zero-order chi connectivity index (χ0) is 20.4. The van der Waals surface area contributed by atoms with Gasteiger partial charge in [0.15, 0.2) is 0 Å². The Kier molecular flexibility index (Phi) is 8.30. The second-order valence-electron chi connectivity index (χ2n) is 5.72. The third-order valence-corrected chi connectivity index (χ3v) is 3.68. The van der Waals surface area contributed by atoms with E-state index in [1.54, 1.807) is 54.6 Å². The molecule has 1 amide bonds. The summed E-state index contributed by atoms with van der Waals surface area (Å²) in [5.41, 5.74) is 0.527. The summed E-state index contributed by atoms with van der Waals surface area (Å²) in [6.07, 6.45) is -1.45. The molecule has 0 heterocycles. The fourth-order valence-electron chi connectivity index (χ4n) is 2.17. The van der Waals surface area contributed by atoms with E-state index in [4.69, 9.17) is 25.8 Å². The summed E-state index contributed by atoms with van der Waals surface area (Å²) >= 11 is 5.76. The van der Waals surface area contributed by atoms with Crippen LogP contribution in [0.5, 0.6) is 5.75 Å². The first-order chi connectivity index (χ1) is 13.4. The van der Waals surface area contributed by atoms with Crippen LogP contribution in [-0.4, -0.2) is 24.6 Å². The van der Waals surface area contributed by atoms with Crippen molar-refractivity contribution in [3.05, 3.63) is 65.2 Å². The van der Waals surface area contributed by atoms with E-state index >= 15 is 0 Å². The van der Waals surface area contributed by atoms with Crippen LogP contribution in [0.3, 0.4) is 0 Å². The minimum atomic E-state index is -1.14. The first-order valence-electron chi connectivity index (χ1n) is 8.57. The van der Waals surface area contributed by atoms with Crippen LogP contribution in [0.2, 0.25) is 5.02 Å². The van der Waals surface area contributed by atoms with Crippen LogP contribution in [0.1, 0.15) is 31.6 Å². The molecule has 28 heavy (non-hydrogen) atoms. The largest absolute Gasteiger partial charge is 0.427 e.